The van der Waals surface area contributed by atoms with Gasteiger partial charge >= 0.3 is 0 Å². The molecular formula is C22H19Cl3N2O2. The summed E-state index contributed by atoms with van der Waals surface area (Å²) in [6.45, 7) is 3.61. The first-order valence-corrected chi connectivity index (χ1v) is 10.6. The first-order chi connectivity index (χ1) is 13.9. The highest BCUT2D eigenvalue weighted by Crippen LogP contribution is 2.40. The van der Waals surface area contributed by atoms with Gasteiger partial charge in [0.15, 0.2) is 0 Å². The van der Waals surface area contributed by atoms with E-state index in [1.54, 1.807) is 42.5 Å². The molecule has 2 aliphatic heterocycles. The van der Waals surface area contributed by atoms with Gasteiger partial charge in [-0.05, 0) is 48.6 Å². The Morgan fingerprint density at radius 3 is 2.38 bits per heavy atom. The second kappa shape index (κ2) is 8.02. The highest BCUT2D eigenvalue weighted by molar-refractivity contribution is 6.49. The zero-order valence-corrected chi connectivity index (χ0v) is 18.1. The molecule has 1 saturated heterocycles. The Balaban J connectivity index is 1.85. The summed E-state index contributed by atoms with van der Waals surface area (Å²) in [5.74, 6) is -0.345. The molecule has 0 aromatic heterocycles. The van der Waals surface area contributed by atoms with Gasteiger partial charge in [0.2, 0.25) is 0 Å². The van der Waals surface area contributed by atoms with Crippen LogP contribution in [0.25, 0.3) is 5.57 Å². The highest BCUT2D eigenvalue weighted by atomic mass is 35.5. The summed E-state index contributed by atoms with van der Waals surface area (Å²) in [5.41, 5.74) is 1.74. The Morgan fingerprint density at radius 2 is 1.69 bits per heavy atom. The number of carbonyl (C=O) groups is 2. The van der Waals surface area contributed by atoms with Crippen molar-refractivity contribution in [2.24, 2.45) is 5.92 Å². The smallest absolute Gasteiger partial charge is 0.282 e. The second-order valence-corrected chi connectivity index (χ2v) is 8.66. The molecule has 2 aromatic rings. The van der Waals surface area contributed by atoms with Crippen molar-refractivity contribution in [1.29, 1.82) is 0 Å². The van der Waals surface area contributed by atoms with Gasteiger partial charge in [-0.25, -0.2) is 4.90 Å². The zero-order valence-electron chi connectivity index (χ0n) is 15.8. The highest BCUT2D eigenvalue weighted by Gasteiger charge is 2.43. The van der Waals surface area contributed by atoms with Gasteiger partial charge in [0.1, 0.15) is 5.70 Å². The van der Waals surface area contributed by atoms with Gasteiger partial charge < -0.3 is 4.90 Å². The van der Waals surface area contributed by atoms with Crippen LogP contribution in [0.3, 0.4) is 0 Å². The number of piperidine rings is 1. The average Bonchev–Trinajstić information content (AvgIpc) is 2.95. The topological polar surface area (TPSA) is 40.6 Å². The number of rotatable bonds is 3. The molecule has 7 heteroatoms. The van der Waals surface area contributed by atoms with Crippen LogP contribution in [0.1, 0.15) is 25.3 Å². The van der Waals surface area contributed by atoms with E-state index in [2.05, 4.69) is 6.92 Å². The number of nitrogens with zero attached hydrogens (tertiary/aromatic N) is 2. The fourth-order valence-corrected chi connectivity index (χ4v) is 4.47. The predicted octanol–water partition coefficient (Wildman–Crippen LogP) is 5.66. The van der Waals surface area contributed by atoms with E-state index in [0.29, 0.717) is 33.5 Å². The van der Waals surface area contributed by atoms with Gasteiger partial charge in [-0.3, -0.25) is 9.59 Å². The normalized spacial score (nSPS) is 20.1. The molecule has 2 amide bonds. The van der Waals surface area contributed by atoms with Crippen LogP contribution in [0.2, 0.25) is 15.1 Å². The van der Waals surface area contributed by atoms with Gasteiger partial charge in [0, 0.05) is 18.1 Å². The third-order valence-corrected chi connectivity index (χ3v) is 6.40. The molecule has 2 aliphatic rings. The molecule has 4 rings (SSSR count). The molecular weight excluding hydrogens is 431 g/mol. The number of benzene rings is 2. The third kappa shape index (κ3) is 3.65. The summed E-state index contributed by atoms with van der Waals surface area (Å²) in [7, 11) is 0. The monoisotopic (exact) mass is 448 g/mol. The van der Waals surface area contributed by atoms with Crippen LogP contribution in [-0.2, 0) is 9.59 Å². The summed E-state index contributed by atoms with van der Waals surface area (Å²) in [6.07, 6.45) is 2.07. The molecule has 4 nitrogen and oxygen atoms in total. The standard InChI is InChI=1S/C22H19Cl3N2O2/c1-13-4-3-11-26(12-13)20-18(14-7-9-15(23)10-8-14)21(28)27(22(20)29)17-6-2-5-16(24)19(17)25/h2,5-10,13H,3-4,11-12H2,1H3. The van der Waals surface area contributed by atoms with Crippen LogP contribution in [0.4, 0.5) is 5.69 Å². The number of halogens is 3. The second-order valence-electron chi connectivity index (χ2n) is 7.44. The van der Waals surface area contributed by atoms with E-state index >= 15 is 0 Å². The fraction of sp³-hybridized carbons (Fsp3) is 0.273. The number of hydrogen-bond donors (Lipinski definition) is 0. The summed E-state index contributed by atoms with van der Waals surface area (Å²) in [5, 5.41) is 1.03. The summed E-state index contributed by atoms with van der Waals surface area (Å²) in [4.78, 5) is 30.2. The SMILES string of the molecule is CC1CCCN(C2=C(c3ccc(Cl)cc3)C(=O)N(c3cccc(Cl)c3Cl)C2=O)C1. The van der Waals surface area contributed by atoms with Crippen molar-refractivity contribution in [3.8, 4) is 0 Å². The summed E-state index contributed by atoms with van der Waals surface area (Å²) in [6, 6.07) is 11.9. The first-order valence-electron chi connectivity index (χ1n) is 9.46. The molecule has 150 valence electrons. The summed E-state index contributed by atoms with van der Waals surface area (Å²) >= 11 is 18.5. The Morgan fingerprint density at radius 1 is 0.966 bits per heavy atom. The molecule has 1 atom stereocenters. The van der Waals surface area contributed by atoms with Crippen LogP contribution in [-0.4, -0.2) is 29.8 Å². The molecule has 0 radical (unpaired) electrons. The van der Waals surface area contributed by atoms with Crippen LogP contribution in [0.15, 0.2) is 48.2 Å². The van der Waals surface area contributed by atoms with Crippen LogP contribution in [0.5, 0.6) is 0 Å². The fourth-order valence-electron chi connectivity index (χ4n) is 3.96. The molecule has 0 saturated carbocycles. The van der Waals surface area contributed by atoms with Gasteiger partial charge in [0.25, 0.3) is 11.8 Å². The molecule has 0 bridgehead atoms. The molecule has 1 fully saturated rings. The van der Waals surface area contributed by atoms with Crippen molar-refractivity contribution in [2.45, 2.75) is 19.8 Å². The number of hydrogen-bond acceptors (Lipinski definition) is 3. The largest absolute Gasteiger partial charge is 0.366 e. The molecule has 0 spiro atoms. The van der Waals surface area contributed by atoms with Gasteiger partial charge in [-0.15, -0.1) is 0 Å². The zero-order chi connectivity index (χ0) is 20.7. The Hall–Kier alpha value is -2.01. The van der Waals surface area contributed by atoms with Crippen molar-refractivity contribution in [3.63, 3.8) is 0 Å². The van der Waals surface area contributed by atoms with Gasteiger partial charge in [0.05, 0.1) is 21.3 Å². The van der Waals surface area contributed by atoms with Crippen LogP contribution >= 0.6 is 34.8 Å². The maximum atomic E-state index is 13.5. The lowest BCUT2D eigenvalue weighted by Crippen LogP contribution is -2.39. The Kier molecular flexibility index (Phi) is 5.60. The number of likely N-dealkylation sites (tertiary alicyclic amines) is 1. The minimum atomic E-state index is -0.408. The predicted molar refractivity (Wildman–Crippen MR) is 117 cm³/mol. The minimum absolute atomic E-state index is 0.180. The van der Waals surface area contributed by atoms with Crippen molar-refractivity contribution in [3.05, 3.63) is 68.8 Å². The lowest BCUT2D eigenvalue weighted by atomic mass is 9.98. The summed E-state index contributed by atoms with van der Waals surface area (Å²) < 4.78 is 0. The lowest BCUT2D eigenvalue weighted by Gasteiger charge is -2.33. The molecule has 29 heavy (non-hydrogen) atoms. The van der Waals surface area contributed by atoms with E-state index in [9.17, 15) is 9.59 Å². The van der Waals surface area contributed by atoms with Crippen molar-refractivity contribution < 1.29 is 9.59 Å². The quantitative estimate of drug-likeness (QED) is 0.567. The molecule has 2 aromatic carbocycles. The van der Waals surface area contributed by atoms with Crippen LogP contribution in [0, 0.1) is 5.92 Å². The van der Waals surface area contributed by atoms with Gasteiger partial charge in [-0.2, -0.15) is 0 Å². The molecule has 0 aliphatic carbocycles. The van der Waals surface area contributed by atoms with Crippen molar-refractivity contribution in [2.75, 3.05) is 18.0 Å². The Labute approximate surface area is 184 Å². The van der Waals surface area contributed by atoms with E-state index in [0.717, 1.165) is 30.8 Å². The Bertz CT molecular complexity index is 1020. The maximum Gasteiger partial charge on any atom is 0.282 e. The number of amides is 2. The molecule has 2 heterocycles. The molecule has 0 N–H and O–H groups in total. The van der Waals surface area contributed by atoms with Gasteiger partial charge in [-0.1, -0.05) is 59.9 Å². The van der Waals surface area contributed by atoms with Crippen LogP contribution < -0.4 is 4.90 Å². The van der Waals surface area contributed by atoms with E-state index in [-0.39, 0.29) is 16.0 Å². The van der Waals surface area contributed by atoms with E-state index in [4.69, 9.17) is 34.8 Å². The third-order valence-electron chi connectivity index (χ3n) is 5.34. The number of anilines is 1. The van der Waals surface area contributed by atoms with E-state index in [1.807, 2.05) is 4.90 Å². The average molecular weight is 450 g/mol. The number of imide groups is 1. The molecule has 1 unspecified atom stereocenters. The lowest BCUT2D eigenvalue weighted by molar-refractivity contribution is -0.120. The van der Waals surface area contributed by atoms with E-state index in [1.165, 1.54) is 0 Å². The maximum absolute atomic E-state index is 13.5. The number of carbonyl (C=O) groups excluding carboxylic acids is 2. The first kappa shape index (κ1) is 20.3. The van der Waals surface area contributed by atoms with Crippen molar-refractivity contribution in [1.82, 2.24) is 4.90 Å². The van der Waals surface area contributed by atoms with Crippen molar-refractivity contribution >= 4 is 57.9 Å². The van der Waals surface area contributed by atoms with E-state index < -0.39 is 5.91 Å². The minimum Gasteiger partial charge on any atom is -0.366 e.